The average molecular weight is 495 g/mol. The summed E-state index contributed by atoms with van der Waals surface area (Å²) in [6.45, 7) is 4.89. The van der Waals surface area contributed by atoms with Crippen molar-refractivity contribution in [3.05, 3.63) is 77.4 Å². The molecule has 2 aromatic heterocycles. The van der Waals surface area contributed by atoms with E-state index >= 15 is 0 Å². The summed E-state index contributed by atoms with van der Waals surface area (Å²) in [6.07, 6.45) is 1.25. The van der Waals surface area contributed by atoms with Crippen molar-refractivity contribution in [1.82, 2.24) is 14.5 Å². The normalized spacial score (nSPS) is 11.4. The first-order valence-corrected chi connectivity index (χ1v) is 10.9. The quantitative estimate of drug-likeness (QED) is 0.316. The Morgan fingerprint density at radius 1 is 1.18 bits per heavy atom. The molecule has 0 aliphatic rings. The molecule has 1 amide bonds. The highest BCUT2D eigenvalue weighted by atomic mass is 35.5. The minimum atomic E-state index is -4.52. The lowest BCUT2D eigenvalue weighted by atomic mass is 10.1. The molecule has 0 saturated carbocycles. The number of nitrogens with zero attached hydrogens (tertiary/aromatic N) is 4. The van der Waals surface area contributed by atoms with Gasteiger partial charge in [0.1, 0.15) is 0 Å². The van der Waals surface area contributed by atoms with Crippen LogP contribution < -0.4 is 4.90 Å². The zero-order valence-electron chi connectivity index (χ0n) is 18.0. The van der Waals surface area contributed by atoms with Crippen molar-refractivity contribution in [2.45, 2.75) is 33.0 Å². The summed E-state index contributed by atoms with van der Waals surface area (Å²) in [6, 6.07) is 8.47. The van der Waals surface area contributed by atoms with Gasteiger partial charge in [-0.1, -0.05) is 23.5 Å². The number of carbonyl (C=O) groups excluding carboxylic acids is 1. The van der Waals surface area contributed by atoms with Crippen LogP contribution in [0.1, 0.15) is 33.5 Å². The predicted molar refractivity (Wildman–Crippen MR) is 126 cm³/mol. The fourth-order valence-electron chi connectivity index (χ4n) is 3.43. The highest BCUT2D eigenvalue weighted by molar-refractivity contribution is 7.22. The number of halogens is 4. The van der Waals surface area contributed by atoms with Gasteiger partial charge in [0, 0.05) is 31.0 Å². The Kier molecular flexibility index (Phi) is 7.44. The van der Waals surface area contributed by atoms with Crippen LogP contribution in [0.25, 0.3) is 10.2 Å². The number of aryl methyl sites for hydroxylation is 3. The number of alkyl halides is 3. The van der Waals surface area contributed by atoms with Gasteiger partial charge in [-0.3, -0.25) is 9.69 Å². The van der Waals surface area contributed by atoms with Gasteiger partial charge in [0.05, 0.1) is 22.1 Å². The molecule has 0 aliphatic heterocycles. The van der Waals surface area contributed by atoms with Crippen molar-refractivity contribution in [3.63, 3.8) is 0 Å². The molecule has 0 unspecified atom stereocenters. The van der Waals surface area contributed by atoms with Crippen molar-refractivity contribution in [2.75, 3.05) is 11.4 Å². The number of hydrogen-bond acceptors (Lipinski definition) is 4. The molecule has 2 aromatic carbocycles. The second kappa shape index (κ2) is 9.93. The molecule has 2 heterocycles. The molecule has 10 heteroatoms. The monoisotopic (exact) mass is 494 g/mol. The number of benzene rings is 2. The van der Waals surface area contributed by atoms with Crippen LogP contribution in [0, 0.1) is 13.8 Å². The van der Waals surface area contributed by atoms with Crippen molar-refractivity contribution < 1.29 is 18.0 Å². The number of anilines is 1. The average Bonchev–Trinajstić information content (AvgIpc) is 3.43. The molecule has 0 bridgehead atoms. The van der Waals surface area contributed by atoms with E-state index in [9.17, 15) is 18.0 Å². The van der Waals surface area contributed by atoms with E-state index in [1.807, 2.05) is 36.7 Å². The van der Waals surface area contributed by atoms with E-state index in [1.54, 1.807) is 12.5 Å². The van der Waals surface area contributed by atoms with Crippen LogP contribution in [0.3, 0.4) is 0 Å². The third kappa shape index (κ3) is 5.36. The van der Waals surface area contributed by atoms with Crippen LogP contribution in [0.2, 0.25) is 0 Å². The largest absolute Gasteiger partial charge is 0.416 e. The van der Waals surface area contributed by atoms with E-state index in [4.69, 9.17) is 0 Å². The fourth-order valence-corrected chi connectivity index (χ4v) is 4.48. The second-order valence-electron chi connectivity index (χ2n) is 7.54. The highest BCUT2D eigenvalue weighted by Crippen LogP contribution is 2.34. The molecule has 0 spiro atoms. The van der Waals surface area contributed by atoms with Crippen molar-refractivity contribution in [1.29, 1.82) is 0 Å². The molecule has 0 radical (unpaired) electrons. The highest BCUT2D eigenvalue weighted by Gasteiger charge is 2.31. The summed E-state index contributed by atoms with van der Waals surface area (Å²) in [5.41, 5.74) is 2.05. The molecular weight excluding hydrogens is 473 g/mol. The smallest absolute Gasteiger partial charge is 0.337 e. The molecule has 0 atom stereocenters. The minimum absolute atomic E-state index is 0. The van der Waals surface area contributed by atoms with E-state index in [-0.39, 0.29) is 18.0 Å². The van der Waals surface area contributed by atoms with Gasteiger partial charge < -0.3 is 4.57 Å². The van der Waals surface area contributed by atoms with Crippen LogP contribution in [0.4, 0.5) is 18.3 Å². The molecular formula is C23H22ClF3N4OS. The minimum Gasteiger partial charge on any atom is -0.337 e. The van der Waals surface area contributed by atoms with Gasteiger partial charge in [-0.05, 0) is 55.7 Å². The summed E-state index contributed by atoms with van der Waals surface area (Å²) >= 11 is 1.36. The van der Waals surface area contributed by atoms with Crippen LogP contribution >= 0.6 is 23.7 Å². The zero-order chi connectivity index (χ0) is 22.9. The molecule has 0 fully saturated rings. The number of carbonyl (C=O) groups is 1. The van der Waals surface area contributed by atoms with Gasteiger partial charge in [-0.25, -0.2) is 9.97 Å². The zero-order valence-corrected chi connectivity index (χ0v) is 19.6. The molecule has 0 aliphatic carbocycles. The van der Waals surface area contributed by atoms with Crippen molar-refractivity contribution in [3.8, 4) is 0 Å². The van der Waals surface area contributed by atoms with Crippen molar-refractivity contribution >= 4 is 45.0 Å². The molecule has 0 saturated heterocycles. The van der Waals surface area contributed by atoms with E-state index in [0.717, 1.165) is 33.5 Å². The number of thiazole rings is 1. The summed E-state index contributed by atoms with van der Waals surface area (Å²) in [5, 5.41) is 0.474. The Labute approximate surface area is 199 Å². The lowest BCUT2D eigenvalue weighted by Gasteiger charge is -2.20. The SMILES string of the molecule is Cc1ccc2sc(N(CCCn3ccnc3)C(=O)c3cccc(C(F)(F)F)c3)nc2c1C.Cl. The Hall–Kier alpha value is -2.91. The van der Waals surface area contributed by atoms with Crippen LogP contribution in [0.15, 0.2) is 55.1 Å². The topological polar surface area (TPSA) is 51.0 Å². The Morgan fingerprint density at radius 3 is 2.67 bits per heavy atom. The molecule has 0 N–H and O–H groups in total. The number of aromatic nitrogens is 3. The summed E-state index contributed by atoms with van der Waals surface area (Å²) in [4.78, 5) is 23.5. The number of hydrogen-bond donors (Lipinski definition) is 0. The van der Waals surface area contributed by atoms with Gasteiger partial charge in [0.15, 0.2) is 5.13 Å². The maximum atomic E-state index is 13.4. The van der Waals surface area contributed by atoms with Crippen molar-refractivity contribution in [2.24, 2.45) is 0 Å². The lowest BCUT2D eigenvalue weighted by molar-refractivity contribution is -0.137. The van der Waals surface area contributed by atoms with Crippen LogP contribution in [-0.4, -0.2) is 27.0 Å². The van der Waals surface area contributed by atoms with Gasteiger partial charge in [0.25, 0.3) is 5.91 Å². The van der Waals surface area contributed by atoms with E-state index in [2.05, 4.69) is 9.97 Å². The number of imidazole rings is 1. The second-order valence-corrected chi connectivity index (χ2v) is 8.55. The first kappa shape index (κ1) is 24.7. The predicted octanol–water partition coefficient (Wildman–Crippen LogP) is 6.29. The molecule has 174 valence electrons. The fraction of sp³-hybridized carbons (Fsp3) is 0.261. The van der Waals surface area contributed by atoms with Gasteiger partial charge in [-0.15, -0.1) is 12.4 Å². The van der Waals surface area contributed by atoms with E-state index < -0.39 is 17.6 Å². The number of fused-ring (bicyclic) bond motifs is 1. The molecule has 4 rings (SSSR count). The van der Waals surface area contributed by atoms with E-state index in [1.165, 1.54) is 28.4 Å². The Morgan fingerprint density at radius 2 is 1.97 bits per heavy atom. The van der Waals surface area contributed by atoms with E-state index in [0.29, 0.717) is 24.6 Å². The third-order valence-corrected chi connectivity index (χ3v) is 6.39. The molecule has 33 heavy (non-hydrogen) atoms. The first-order chi connectivity index (χ1) is 15.2. The maximum absolute atomic E-state index is 13.4. The molecule has 4 aromatic rings. The van der Waals surface area contributed by atoms with Gasteiger partial charge in [0.2, 0.25) is 0 Å². The summed E-state index contributed by atoms with van der Waals surface area (Å²) in [7, 11) is 0. The molecule has 5 nitrogen and oxygen atoms in total. The Bertz CT molecular complexity index is 1250. The number of amides is 1. The lowest BCUT2D eigenvalue weighted by Crippen LogP contribution is -2.32. The first-order valence-electron chi connectivity index (χ1n) is 10.1. The summed E-state index contributed by atoms with van der Waals surface area (Å²) in [5.74, 6) is -0.504. The third-order valence-electron chi connectivity index (χ3n) is 5.34. The van der Waals surface area contributed by atoms with Crippen LogP contribution in [0.5, 0.6) is 0 Å². The standard InChI is InChI=1S/C23H21F3N4OS.ClH/c1-15-7-8-19-20(16(15)2)28-22(32-19)30(11-4-10-29-12-9-27-14-29)21(31)17-5-3-6-18(13-17)23(24,25)26;/h3,5-9,12-14H,4,10-11H2,1-2H3;1H. The Balaban J connectivity index is 0.00000306. The van der Waals surface area contributed by atoms with Gasteiger partial charge in [-0.2, -0.15) is 13.2 Å². The number of rotatable bonds is 6. The van der Waals surface area contributed by atoms with Gasteiger partial charge >= 0.3 is 6.18 Å². The summed E-state index contributed by atoms with van der Waals surface area (Å²) < 4.78 is 42.4. The maximum Gasteiger partial charge on any atom is 0.416 e. The van der Waals surface area contributed by atoms with Crippen LogP contribution in [-0.2, 0) is 12.7 Å².